The van der Waals surface area contributed by atoms with Crippen LogP contribution < -0.4 is 5.73 Å². The first-order chi connectivity index (χ1) is 9.06. The molecule has 0 fully saturated rings. The largest absolute Gasteiger partial charge is 0.398 e. The van der Waals surface area contributed by atoms with E-state index >= 15 is 0 Å². The quantitative estimate of drug-likeness (QED) is 0.856. The molecule has 0 amide bonds. The van der Waals surface area contributed by atoms with Gasteiger partial charge in [-0.15, -0.1) is 0 Å². The van der Waals surface area contributed by atoms with Crippen LogP contribution in [0, 0.1) is 0 Å². The standard InChI is InChI=1S/C15H16Cl2N2/c1-19(10-12-4-2-3-5-15(12)18)9-11-6-7-13(16)8-14(11)17/h2-8H,9-10,18H2,1H3. The Morgan fingerprint density at radius 2 is 1.68 bits per heavy atom. The zero-order chi connectivity index (χ0) is 13.8. The van der Waals surface area contributed by atoms with Gasteiger partial charge in [0.05, 0.1) is 0 Å². The van der Waals surface area contributed by atoms with Gasteiger partial charge in [-0.25, -0.2) is 0 Å². The summed E-state index contributed by atoms with van der Waals surface area (Å²) < 4.78 is 0. The molecule has 2 rings (SSSR count). The van der Waals surface area contributed by atoms with Gasteiger partial charge in [0.25, 0.3) is 0 Å². The van der Waals surface area contributed by atoms with E-state index in [0.717, 1.165) is 29.9 Å². The molecule has 2 nitrogen and oxygen atoms in total. The fourth-order valence-corrected chi connectivity index (χ4v) is 2.43. The number of nitrogen functional groups attached to an aromatic ring is 1. The first kappa shape index (κ1) is 14.2. The minimum Gasteiger partial charge on any atom is -0.398 e. The third-order valence-corrected chi connectivity index (χ3v) is 3.54. The maximum absolute atomic E-state index is 6.17. The molecule has 0 aliphatic carbocycles. The summed E-state index contributed by atoms with van der Waals surface area (Å²) >= 11 is 12.1. The average molecular weight is 295 g/mol. The molecule has 2 aromatic rings. The highest BCUT2D eigenvalue weighted by Crippen LogP contribution is 2.23. The number of rotatable bonds is 4. The van der Waals surface area contributed by atoms with Crippen molar-refractivity contribution in [3.05, 3.63) is 63.6 Å². The van der Waals surface area contributed by atoms with Gasteiger partial charge in [0.15, 0.2) is 0 Å². The number of benzene rings is 2. The van der Waals surface area contributed by atoms with Crippen molar-refractivity contribution < 1.29 is 0 Å². The molecule has 0 spiro atoms. The van der Waals surface area contributed by atoms with Gasteiger partial charge < -0.3 is 5.73 Å². The molecule has 0 saturated carbocycles. The topological polar surface area (TPSA) is 29.3 Å². The molecule has 0 unspecified atom stereocenters. The Morgan fingerprint density at radius 1 is 1.00 bits per heavy atom. The van der Waals surface area contributed by atoms with Crippen LogP contribution in [0.2, 0.25) is 10.0 Å². The number of halogens is 2. The van der Waals surface area contributed by atoms with Gasteiger partial charge in [-0.2, -0.15) is 0 Å². The van der Waals surface area contributed by atoms with Crippen LogP contribution in [0.4, 0.5) is 5.69 Å². The Bertz CT molecular complexity index is 570. The number of hydrogen-bond acceptors (Lipinski definition) is 2. The number of para-hydroxylation sites is 1. The molecule has 4 heteroatoms. The van der Waals surface area contributed by atoms with E-state index in [1.807, 2.05) is 43.4 Å². The fraction of sp³-hybridized carbons (Fsp3) is 0.200. The van der Waals surface area contributed by atoms with Crippen LogP contribution >= 0.6 is 23.2 Å². The number of nitrogens with zero attached hydrogens (tertiary/aromatic N) is 1. The van der Waals surface area contributed by atoms with Crippen molar-refractivity contribution in [1.82, 2.24) is 4.90 Å². The lowest BCUT2D eigenvalue weighted by Crippen LogP contribution is -2.18. The normalized spacial score (nSPS) is 10.9. The highest BCUT2D eigenvalue weighted by molar-refractivity contribution is 6.35. The molecule has 0 bridgehead atoms. The van der Waals surface area contributed by atoms with Gasteiger partial charge in [0, 0.05) is 28.8 Å². The Hall–Kier alpha value is -1.22. The summed E-state index contributed by atoms with van der Waals surface area (Å²) in [6.07, 6.45) is 0. The summed E-state index contributed by atoms with van der Waals surface area (Å²) in [4.78, 5) is 2.17. The van der Waals surface area contributed by atoms with E-state index in [4.69, 9.17) is 28.9 Å². The number of hydrogen-bond donors (Lipinski definition) is 1. The third kappa shape index (κ3) is 3.87. The summed E-state index contributed by atoms with van der Waals surface area (Å²) in [5.41, 5.74) is 8.94. The second-order valence-electron chi connectivity index (χ2n) is 4.61. The smallest absolute Gasteiger partial charge is 0.0465 e. The molecular formula is C15H16Cl2N2. The van der Waals surface area contributed by atoms with Gasteiger partial charge in [0.2, 0.25) is 0 Å². The molecule has 0 aliphatic heterocycles. The van der Waals surface area contributed by atoms with Gasteiger partial charge in [-0.3, -0.25) is 4.90 Å². The highest BCUT2D eigenvalue weighted by atomic mass is 35.5. The predicted octanol–water partition coefficient (Wildman–Crippen LogP) is 4.21. The predicted molar refractivity (Wildman–Crippen MR) is 82.5 cm³/mol. The molecule has 0 radical (unpaired) electrons. The lowest BCUT2D eigenvalue weighted by molar-refractivity contribution is 0.319. The molecule has 2 aromatic carbocycles. The van der Waals surface area contributed by atoms with E-state index in [1.165, 1.54) is 0 Å². The maximum Gasteiger partial charge on any atom is 0.0465 e. The maximum atomic E-state index is 6.17. The lowest BCUT2D eigenvalue weighted by Gasteiger charge is -2.18. The molecule has 0 heterocycles. The Labute approximate surface area is 123 Å². The van der Waals surface area contributed by atoms with Crippen LogP contribution in [0.5, 0.6) is 0 Å². The summed E-state index contributed by atoms with van der Waals surface area (Å²) in [6, 6.07) is 13.5. The van der Waals surface area contributed by atoms with Crippen LogP contribution in [0.25, 0.3) is 0 Å². The molecule has 19 heavy (non-hydrogen) atoms. The molecule has 0 saturated heterocycles. The molecule has 0 atom stereocenters. The SMILES string of the molecule is CN(Cc1ccccc1N)Cc1ccc(Cl)cc1Cl. The Morgan fingerprint density at radius 3 is 2.37 bits per heavy atom. The second-order valence-corrected chi connectivity index (χ2v) is 5.45. The summed E-state index contributed by atoms with van der Waals surface area (Å²) in [6.45, 7) is 1.54. The van der Waals surface area contributed by atoms with Gasteiger partial charge >= 0.3 is 0 Å². The zero-order valence-electron chi connectivity index (χ0n) is 10.7. The molecule has 2 N–H and O–H groups in total. The van der Waals surface area contributed by atoms with E-state index in [-0.39, 0.29) is 0 Å². The Balaban J connectivity index is 2.05. The van der Waals surface area contributed by atoms with Crippen LogP contribution in [0.15, 0.2) is 42.5 Å². The first-order valence-corrected chi connectivity index (χ1v) is 6.77. The van der Waals surface area contributed by atoms with Crippen molar-refractivity contribution in [2.24, 2.45) is 0 Å². The van der Waals surface area contributed by atoms with E-state index in [0.29, 0.717) is 10.0 Å². The Kier molecular flexibility index (Phi) is 4.70. The van der Waals surface area contributed by atoms with Crippen molar-refractivity contribution in [1.29, 1.82) is 0 Å². The van der Waals surface area contributed by atoms with Crippen molar-refractivity contribution in [2.75, 3.05) is 12.8 Å². The number of anilines is 1. The summed E-state index contributed by atoms with van der Waals surface area (Å²) in [5, 5.41) is 1.35. The number of nitrogens with two attached hydrogens (primary N) is 1. The highest BCUT2D eigenvalue weighted by Gasteiger charge is 2.07. The van der Waals surface area contributed by atoms with Crippen molar-refractivity contribution in [2.45, 2.75) is 13.1 Å². The molecule has 0 aliphatic rings. The first-order valence-electron chi connectivity index (χ1n) is 6.02. The second kappa shape index (κ2) is 6.29. The van der Waals surface area contributed by atoms with Gasteiger partial charge in [-0.05, 0) is 36.4 Å². The molecular weight excluding hydrogens is 279 g/mol. The molecule has 100 valence electrons. The van der Waals surface area contributed by atoms with E-state index in [1.54, 1.807) is 6.07 Å². The minimum absolute atomic E-state index is 0.656. The zero-order valence-corrected chi connectivity index (χ0v) is 12.2. The van der Waals surface area contributed by atoms with Crippen molar-refractivity contribution in [3.63, 3.8) is 0 Å². The van der Waals surface area contributed by atoms with Crippen LogP contribution in [-0.2, 0) is 13.1 Å². The monoisotopic (exact) mass is 294 g/mol. The van der Waals surface area contributed by atoms with Crippen molar-refractivity contribution >= 4 is 28.9 Å². The van der Waals surface area contributed by atoms with E-state index < -0.39 is 0 Å². The van der Waals surface area contributed by atoms with Crippen molar-refractivity contribution in [3.8, 4) is 0 Å². The van der Waals surface area contributed by atoms with E-state index in [2.05, 4.69) is 4.90 Å². The van der Waals surface area contributed by atoms with Crippen LogP contribution in [0.1, 0.15) is 11.1 Å². The minimum atomic E-state index is 0.656. The average Bonchev–Trinajstić information content (AvgIpc) is 2.36. The fourth-order valence-electron chi connectivity index (χ4n) is 1.97. The van der Waals surface area contributed by atoms with Crippen LogP contribution in [-0.4, -0.2) is 11.9 Å². The van der Waals surface area contributed by atoms with Crippen LogP contribution in [0.3, 0.4) is 0 Å². The summed E-state index contributed by atoms with van der Waals surface area (Å²) in [5.74, 6) is 0. The lowest BCUT2D eigenvalue weighted by atomic mass is 10.1. The summed E-state index contributed by atoms with van der Waals surface area (Å²) in [7, 11) is 2.04. The van der Waals surface area contributed by atoms with Gasteiger partial charge in [0.1, 0.15) is 0 Å². The van der Waals surface area contributed by atoms with E-state index in [9.17, 15) is 0 Å². The van der Waals surface area contributed by atoms with Gasteiger partial charge in [-0.1, -0.05) is 47.5 Å². The third-order valence-electron chi connectivity index (χ3n) is 2.95. The molecule has 0 aromatic heterocycles.